The zero-order valence-corrected chi connectivity index (χ0v) is 19.7. The molecule has 9 nitrogen and oxygen atoms in total. The molecule has 1 atom stereocenters. The molecule has 2 aromatic rings. The lowest BCUT2D eigenvalue weighted by molar-refractivity contribution is 0.179. The third-order valence-electron chi connectivity index (χ3n) is 6.43. The highest BCUT2D eigenvalue weighted by Crippen LogP contribution is 2.17. The second-order valence-corrected chi connectivity index (χ2v) is 8.87. The number of aromatic nitrogens is 2. The third kappa shape index (κ3) is 6.54. The molecule has 0 bridgehead atoms. The van der Waals surface area contributed by atoms with Crippen LogP contribution in [0.25, 0.3) is 5.69 Å². The average Bonchev–Trinajstić information content (AvgIpc) is 2.81. The second-order valence-electron chi connectivity index (χ2n) is 8.87. The van der Waals surface area contributed by atoms with Crippen LogP contribution in [-0.4, -0.2) is 64.1 Å². The van der Waals surface area contributed by atoms with E-state index in [1.165, 1.54) is 10.1 Å². The number of carbonyl (C=O) groups excluding carboxylic acids is 1. The van der Waals surface area contributed by atoms with Gasteiger partial charge in [-0.25, -0.2) is 9.59 Å². The Morgan fingerprint density at radius 1 is 1.09 bits per heavy atom. The molecule has 2 amide bonds. The summed E-state index contributed by atoms with van der Waals surface area (Å²) >= 11 is 0. The third-order valence-corrected chi connectivity index (χ3v) is 6.43. The van der Waals surface area contributed by atoms with Crippen LogP contribution < -0.4 is 22.5 Å². The van der Waals surface area contributed by atoms with Crippen LogP contribution in [0.5, 0.6) is 0 Å². The summed E-state index contributed by atoms with van der Waals surface area (Å²) in [6, 6.07) is 9.65. The van der Waals surface area contributed by atoms with E-state index in [4.69, 9.17) is 11.5 Å². The molecule has 2 fully saturated rings. The summed E-state index contributed by atoms with van der Waals surface area (Å²) in [7, 11) is 0. The first-order valence-electron chi connectivity index (χ1n) is 11.4. The smallest absolute Gasteiger partial charge is 0.330 e. The van der Waals surface area contributed by atoms with E-state index < -0.39 is 5.69 Å². The van der Waals surface area contributed by atoms with E-state index in [0.717, 1.165) is 51.0 Å². The molecule has 2 aliphatic heterocycles. The number of carbonyl (C=O) groups is 1. The predicted octanol–water partition coefficient (Wildman–Crippen LogP) is 1.78. The van der Waals surface area contributed by atoms with Gasteiger partial charge in [-0.3, -0.25) is 14.8 Å². The average molecular weight is 476 g/mol. The van der Waals surface area contributed by atoms with E-state index in [1.54, 1.807) is 17.2 Å². The molecule has 0 radical (unpaired) electrons. The number of likely N-dealkylation sites (tertiary alicyclic amines) is 2. The Balaban J connectivity index is 0.00000306. The zero-order valence-electron chi connectivity index (χ0n) is 18.9. The fraction of sp³-hybridized carbons (Fsp3) is 0.522. The number of benzene rings is 1. The predicted molar refractivity (Wildman–Crippen MR) is 132 cm³/mol. The highest BCUT2D eigenvalue weighted by Gasteiger charge is 2.23. The lowest BCUT2D eigenvalue weighted by Gasteiger charge is -2.31. The number of amides is 2. The number of hydrogen-bond acceptors (Lipinski definition) is 6. The maximum Gasteiger partial charge on any atom is 0.354 e. The van der Waals surface area contributed by atoms with Crippen molar-refractivity contribution in [2.24, 2.45) is 17.4 Å². The Bertz CT molecular complexity index is 974. The number of nitrogens with one attached hydrogen (secondary N) is 1. The van der Waals surface area contributed by atoms with Gasteiger partial charge in [0.15, 0.2) is 0 Å². The summed E-state index contributed by atoms with van der Waals surface area (Å²) in [6.45, 7) is 4.81. The Morgan fingerprint density at radius 3 is 2.48 bits per heavy atom. The van der Waals surface area contributed by atoms with Crippen molar-refractivity contribution >= 4 is 24.3 Å². The summed E-state index contributed by atoms with van der Waals surface area (Å²) in [6.07, 6.45) is 5.69. The lowest BCUT2D eigenvalue weighted by atomic mass is 9.99. The van der Waals surface area contributed by atoms with Gasteiger partial charge in [-0.1, -0.05) is 12.1 Å². The van der Waals surface area contributed by atoms with Gasteiger partial charge in [0.1, 0.15) is 5.82 Å². The molecule has 0 spiro atoms. The first kappa shape index (κ1) is 25.2. The van der Waals surface area contributed by atoms with Crippen molar-refractivity contribution in [2.75, 3.05) is 38.0 Å². The molecule has 2 aliphatic rings. The molecule has 1 aromatic carbocycles. The SMILES string of the molecule is Cl.NCC1CCCN(C(=O)Nc2ccn(-c3ccc(CN4CCC(N)CC4)cc3)c(=O)n2)C1. The van der Waals surface area contributed by atoms with Crippen molar-refractivity contribution in [3.8, 4) is 5.69 Å². The summed E-state index contributed by atoms with van der Waals surface area (Å²) in [5.74, 6) is 0.581. The second kappa shape index (κ2) is 11.6. The van der Waals surface area contributed by atoms with Crippen molar-refractivity contribution in [1.82, 2.24) is 19.4 Å². The normalized spacial score (nSPS) is 19.7. The minimum atomic E-state index is -0.431. The summed E-state index contributed by atoms with van der Waals surface area (Å²) in [5, 5.41) is 2.74. The molecule has 0 aliphatic carbocycles. The number of hydrogen-bond donors (Lipinski definition) is 3. The Labute approximate surface area is 200 Å². The largest absolute Gasteiger partial charge is 0.354 e. The van der Waals surface area contributed by atoms with E-state index in [2.05, 4.69) is 15.2 Å². The molecule has 3 heterocycles. The van der Waals surface area contributed by atoms with Gasteiger partial charge < -0.3 is 16.4 Å². The molecule has 4 rings (SSSR count). The monoisotopic (exact) mass is 475 g/mol. The van der Waals surface area contributed by atoms with E-state index in [-0.39, 0.29) is 24.3 Å². The molecule has 5 N–H and O–H groups in total. The van der Waals surface area contributed by atoms with Crippen LogP contribution in [0.15, 0.2) is 41.3 Å². The van der Waals surface area contributed by atoms with Crippen LogP contribution in [0.4, 0.5) is 10.6 Å². The van der Waals surface area contributed by atoms with Crippen LogP contribution in [0.2, 0.25) is 0 Å². The minimum Gasteiger partial charge on any atom is -0.330 e. The molecular formula is C23H34ClN7O2. The van der Waals surface area contributed by atoms with Crippen LogP contribution in [-0.2, 0) is 6.54 Å². The number of piperidine rings is 2. The zero-order chi connectivity index (χ0) is 22.5. The van der Waals surface area contributed by atoms with Crippen LogP contribution in [0.3, 0.4) is 0 Å². The molecule has 33 heavy (non-hydrogen) atoms. The molecule has 180 valence electrons. The van der Waals surface area contributed by atoms with Crippen LogP contribution >= 0.6 is 12.4 Å². The van der Waals surface area contributed by atoms with E-state index >= 15 is 0 Å². The molecule has 10 heteroatoms. The first-order chi connectivity index (χ1) is 15.5. The number of urea groups is 1. The number of halogens is 1. The van der Waals surface area contributed by atoms with Gasteiger partial charge in [-0.15, -0.1) is 12.4 Å². The van der Waals surface area contributed by atoms with Gasteiger partial charge in [0.25, 0.3) is 0 Å². The van der Waals surface area contributed by atoms with Gasteiger partial charge >= 0.3 is 11.7 Å². The standard InChI is InChI=1S/C23H33N7O2.ClH/c24-14-18-2-1-10-29(16-18)22(31)26-21-9-13-30(23(32)27-21)20-5-3-17(4-6-20)15-28-11-7-19(25)8-12-28;/h3-6,9,13,18-19H,1-2,7-8,10-12,14-16,24-25H2,(H,26,27,31,32);1H. The molecular weight excluding hydrogens is 442 g/mol. The summed E-state index contributed by atoms with van der Waals surface area (Å²) in [5.41, 5.74) is 13.2. The number of rotatable bonds is 5. The van der Waals surface area contributed by atoms with Gasteiger partial charge in [0.2, 0.25) is 0 Å². The first-order valence-corrected chi connectivity index (χ1v) is 11.4. The van der Waals surface area contributed by atoms with E-state index in [9.17, 15) is 9.59 Å². The topological polar surface area (TPSA) is 123 Å². The molecule has 1 unspecified atom stereocenters. The molecule has 2 saturated heterocycles. The number of nitrogens with two attached hydrogens (primary N) is 2. The van der Waals surface area contributed by atoms with Gasteiger partial charge in [0.05, 0.1) is 5.69 Å². The van der Waals surface area contributed by atoms with Crippen LogP contribution in [0, 0.1) is 5.92 Å². The van der Waals surface area contributed by atoms with Crippen molar-refractivity contribution in [1.29, 1.82) is 0 Å². The fourth-order valence-electron chi connectivity index (χ4n) is 4.43. The number of nitrogens with zero attached hydrogens (tertiary/aromatic N) is 4. The van der Waals surface area contributed by atoms with Crippen molar-refractivity contribution in [2.45, 2.75) is 38.3 Å². The van der Waals surface area contributed by atoms with E-state index in [0.29, 0.717) is 31.6 Å². The molecule has 1 aromatic heterocycles. The maximum absolute atomic E-state index is 12.6. The highest BCUT2D eigenvalue weighted by molar-refractivity contribution is 5.88. The lowest BCUT2D eigenvalue weighted by Crippen LogP contribution is -2.44. The fourth-order valence-corrected chi connectivity index (χ4v) is 4.43. The van der Waals surface area contributed by atoms with Gasteiger partial charge in [0, 0.05) is 31.9 Å². The van der Waals surface area contributed by atoms with Crippen molar-refractivity contribution in [3.63, 3.8) is 0 Å². The van der Waals surface area contributed by atoms with Gasteiger partial charge in [-0.05, 0) is 75.0 Å². The molecule has 0 saturated carbocycles. The quantitative estimate of drug-likeness (QED) is 0.605. The van der Waals surface area contributed by atoms with Crippen molar-refractivity contribution < 1.29 is 4.79 Å². The van der Waals surface area contributed by atoms with Crippen molar-refractivity contribution in [3.05, 3.63) is 52.6 Å². The highest BCUT2D eigenvalue weighted by atomic mass is 35.5. The van der Waals surface area contributed by atoms with Crippen LogP contribution in [0.1, 0.15) is 31.2 Å². The summed E-state index contributed by atoms with van der Waals surface area (Å²) in [4.78, 5) is 33.3. The summed E-state index contributed by atoms with van der Waals surface area (Å²) < 4.78 is 1.48. The Hall–Kier alpha value is -2.46. The maximum atomic E-state index is 12.6. The Morgan fingerprint density at radius 2 is 1.82 bits per heavy atom. The van der Waals surface area contributed by atoms with E-state index in [1.807, 2.05) is 24.3 Å². The number of anilines is 1. The van der Waals surface area contributed by atoms with Gasteiger partial charge in [-0.2, -0.15) is 4.98 Å². The Kier molecular flexibility index (Phi) is 8.85. The minimum absolute atomic E-state index is 0.